The van der Waals surface area contributed by atoms with Crippen LogP contribution in [0.3, 0.4) is 0 Å². The molecule has 2 aromatic rings. The number of carbonyl (C=O) groups is 1. The molecule has 0 aliphatic carbocycles. The van der Waals surface area contributed by atoms with Gasteiger partial charge in [0.05, 0.1) is 18.7 Å². The quantitative estimate of drug-likeness (QED) is 0.785. The van der Waals surface area contributed by atoms with Gasteiger partial charge >= 0.3 is 0 Å². The Hall–Kier alpha value is -2.60. The Morgan fingerprint density at radius 2 is 1.74 bits per heavy atom. The van der Waals surface area contributed by atoms with Gasteiger partial charge < -0.3 is 4.74 Å². The second-order valence-corrected chi connectivity index (χ2v) is 4.14. The number of nitrogens with zero attached hydrogens (tertiary/aromatic N) is 1. The molecule has 3 heteroatoms. The van der Waals surface area contributed by atoms with E-state index in [4.69, 9.17) is 10.00 Å². The van der Waals surface area contributed by atoms with E-state index in [0.717, 1.165) is 11.3 Å². The van der Waals surface area contributed by atoms with Gasteiger partial charge in [0.15, 0.2) is 5.78 Å². The molecule has 0 aliphatic heterocycles. The van der Waals surface area contributed by atoms with E-state index in [9.17, 15) is 4.79 Å². The van der Waals surface area contributed by atoms with Crippen LogP contribution >= 0.6 is 0 Å². The van der Waals surface area contributed by atoms with Crippen molar-refractivity contribution in [3.63, 3.8) is 0 Å². The van der Waals surface area contributed by atoms with Crippen LogP contribution in [0.25, 0.3) is 0 Å². The van der Waals surface area contributed by atoms with Gasteiger partial charge in [0.1, 0.15) is 5.75 Å². The molecule has 0 radical (unpaired) electrons. The van der Waals surface area contributed by atoms with Crippen molar-refractivity contribution in [3.05, 3.63) is 65.2 Å². The van der Waals surface area contributed by atoms with Crippen LogP contribution in [0.2, 0.25) is 0 Å². The topological polar surface area (TPSA) is 50.1 Å². The molecule has 0 heterocycles. The van der Waals surface area contributed by atoms with Crippen LogP contribution in [0.15, 0.2) is 48.5 Å². The monoisotopic (exact) mass is 251 g/mol. The molecule has 0 spiro atoms. The van der Waals surface area contributed by atoms with E-state index in [0.29, 0.717) is 17.5 Å². The van der Waals surface area contributed by atoms with Gasteiger partial charge in [-0.15, -0.1) is 0 Å². The standard InChI is InChI=1S/C16H13NO2/c1-19-15-8-4-12(5-9-15)10-16(18)14-6-2-13(11-17)3-7-14/h2-9H,10H2,1H3. The highest BCUT2D eigenvalue weighted by atomic mass is 16.5. The highest BCUT2D eigenvalue weighted by molar-refractivity contribution is 5.97. The number of methoxy groups -OCH3 is 1. The zero-order valence-corrected chi connectivity index (χ0v) is 10.6. The maximum atomic E-state index is 12.1. The van der Waals surface area contributed by atoms with Gasteiger partial charge in [-0.05, 0) is 29.8 Å². The molecule has 2 rings (SSSR count). The van der Waals surface area contributed by atoms with Crippen LogP contribution in [-0.2, 0) is 6.42 Å². The number of rotatable bonds is 4. The van der Waals surface area contributed by atoms with Gasteiger partial charge in [-0.2, -0.15) is 5.26 Å². The van der Waals surface area contributed by atoms with Crippen LogP contribution < -0.4 is 4.74 Å². The predicted octanol–water partition coefficient (Wildman–Crippen LogP) is 2.99. The van der Waals surface area contributed by atoms with Crippen LogP contribution in [0.5, 0.6) is 5.75 Å². The smallest absolute Gasteiger partial charge is 0.167 e. The van der Waals surface area contributed by atoms with E-state index in [-0.39, 0.29) is 5.78 Å². The Balaban J connectivity index is 2.09. The van der Waals surface area contributed by atoms with Crippen molar-refractivity contribution in [2.45, 2.75) is 6.42 Å². The summed E-state index contributed by atoms with van der Waals surface area (Å²) in [6, 6.07) is 16.1. The molecular weight excluding hydrogens is 238 g/mol. The third-order valence-electron chi connectivity index (χ3n) is 2.86. The normalized spacial score (nSPS) is 9.68. The molecule has 0 N–H and O–H groups in total. The molecule has 0 amide bonds. The van der Waals surface area contributed by atoms with E-state index in [1.807, 2.05) is 30.3 Å². The Morgan fingerprint density at radius 3 is 2.26 bits per heavy atom. The molecule has 0 bridgehead atoms. The lowest BCUT2D eigenvalue weighted by Gasteiger charge is -2.03. The molecule has 19 heavy (non-hydrogen) atoms. The van der Waals surface area contributed by atoms with Crippen molar-refractivity contribution in [2.24, 2.45) is 0 Å². The van der Waals surface area contributed by atoms with Crippen molar-refractivity contribution in [3.8, 4) is 11.8 Å². The fraction of sp³-hybridized carbons (Fsp3) is 0.125. The number of nitriles is 1. The molecule has 0 saturated carbocycles. The Kier molecular flexibility index (Phi) is 3.94. The largest absolute Gasteiger partial charge is 0.497 e. The number of ether oxygens (including phenoxy) is 1. The van der Waals surface area contributed by atoms with Crippen LogP contribution in [-0.4, -0.2) is 12.9 Å². The molecule has 0 aromatic heterocycles. The first-order chi connectivity index (χ1) is 9.22. The summed E-state index contributed by atoms with van der Waals surface area (Å²) < 4.78 is 5.07. The van der Waals surface area contributed by atoms with Crippen molar-refractivity contribution in [1.82, 2.24) is 0 Å². The van der Waals surface area contributed by atoms with Crippen molar-refractivity contribution < 1.29 is 9.53 Å². The molecule has 0 aliphatic rings. The SMILES string of the molecule is COc1ccc(CC(=O)c2ccc(C#N)cc2)cc1. The highest BCUT2D eigenvalue weighted by Gasteiger charge is 2.07. The van der Waals surface area contributed by atoms with Gasteiger partial charge in [-0.25, -0.2) is 0 Å². The maximum Gasteiger partial charge on any atom is 0.167 e. The zero-order chi connectivity index (χ0) is 13.7. The van der Waals surface area contributed by atoms with Gasteiger partial charge in [0.2, 0.25) is 0 Å². The van der Waals surface area contributed by atoms with Crippen molar-refractivity contribution >= 4 is 5.78 Å². The summed E-state index contributed by atoms with van der Waals surface area (Å²) in [4.78, 5) is 12.1. The first kappa shape index (κ1) is 12.8. The predicted molar refractivity (Wildman–Crippen MR) is 72.2 cm³/mol. The number of hydrogen-bond donors (Lipinski definition) is 0. The minimum Gasteiger partial charge on any atom is -0.497 e. The van der Waals surface area contributed by atoms with Crippen molar-refractivity contribution in [2.75, 3.05) is 7.11 Å². The minimum absolute atomic E-state index is 0.0367. The summed E-state index contributed by atoms with van der Waals surface area (Å²) in [5.41, 5.74) is 2.12. The first-order valence-electron chi connectivity index (χ1n) is 5.89. The third kappa shape index (κ3) is 3.20. The van der Waals surface area contributed by atoms with E-state index < -0.39 is 0 Å². The second kappa shape index (κ2) is 5.83. The van der Waals surface area contributed by atoms with E-state index >= 15 is 0 Å². The average Bonchev–Trinajstić information content (AvgIpc) is 2.48. The fourth-order valence-corrected chi connectivity index (χ4v) is 1.76. The van der Waals surface area contributed by atoms with Gasteiger partial charge in [0, 0.05) is 12.0 Å². The zero-order valence-electron chi connectivity index (χ0n) is 10.6. The third-order valence-corrected chi connectivity index (χ3v) is 2.86. The summed E-state index contributed by atoms with van der Waals surface area (Å²) in [6.07, 6.45) is 0.343. The van der Waals surface area contributed by atoms with Gasteiger partial charge in [-0.3, -0.25) is 4.79 Å². The Bertz CT molecular complexity index is 607. The summed E-state index contributed by atoms with van der Waals surface area (Å²) in [6.45, 7) is 0. The summed E-state index contributed by atoms with van der Waals surface area (Å²) in [7, 11) is 1.61. The molecule has 94 valence electrons. The average molecular weight is 251 g/mol. The highest BCUT2D eigenvalue weighted by Crippen LogP contribution is 2.14. The summed E-state index contributed by atoms with van der Waals surface area (Å²) >= 11 is 0. The van der Waals surface area contributed by atoms with E-state index in [1.165, 1.54) is 0 Å². The van der Waals surface area contributed by atoms with E-state index in [2.05, 4.69) is 0 Å². The molecule has 0 fully saturated rings. The Morgan fingerprint density at radius 1 is 1.11 bits per heavy atom. The number of Topliss-reactive ketones (excluding diaryl/α,β-unsaturated/α-hetero) is 1. The fourth-order valence-electron chi connectivity index (χ4n) is 1.76. The lowest BCUT2D eigenvalue weighted by Crippen LogP contribution is -2.03. The molecular formula is C16H13NO2. The second-order valence-electron chi connectivity index (χ2n) is 4.14. The number of hydrogen-bond acceptors (Lipinski definition) is 3. The van der Waals surface area contributed by atoms with E-state index in [1.54, 1.807) is 31.4 Å². The van der Waals surface area contributed by atoms with Crippen LogP contribution in [0.4, 0.5) is 0 Å². The molecule has 0 atom stereocenters. The molecule has 0 saturated heterocycles. The lowest BCUT2D eigenvalue weighted by molar-refractivity contribution is 0.0993. The summed E-state index contributed by atoms with van der Waals surface area (Å²) in [5, 5.41) is 8.70. The van der Waals surface area contributed by atoms with Gasteiger partial charge in [0.25, 0.3) is 0 Å². The van der Waals surface area contributed by atoms with Crippen LogP contribution in [0.1, 0.15) is 21.5 Å². The maximum absolute atomic E-state index is 12.1. The minimum atomic E-state index is 0.0367. The molecule has 0 unspecified atom stereocenters. The molecule has 2 aromatic carbocycles. The molecule has 3 nitrogen and oxygen atoms in total. The number of ketones is 1. The lowest BCUT2D eigenvalue weighted by atomic mass is 10.0. The first-order valence-corrected chi connectivity index (χ1v) is 5.89. The number of carbonyl (C=O) groups excluding carboxylic acids is 1. The number of benzene rings is 2. The van der Waals surface area contributed by atoms with Gasteiger partial charge in [-0.1, -0.05) is 24.3 Å². The van der Waals surface area contributed by atoms with Crippen molar-refractivity contribution in [1.29, 1.82) is 5.26 Å². The van der Waals surface area contributed by atoms with Crippen LogP contribution in [0, 0.1) is 11.3 Å². The summed E-state index contributed by atoms with van der Waals surface area (Å²) in [5.74, 6) is 0.809. The Labute approximate surface area is 112 Å².